The van der Waals surface area contributed by atoms with Crippen molar-refractivity contribution in [2.75, 3.05) is 6.54 Å². The molecule has 2 fully saturated rings. The van der Waals surface area contributed by atoms with Gasteiger partial charge in [-0.2, -0.15) is 0 Å². The van der Waals surface area contributed by atoms with E-state index in [0.29, 0.717) is 24.8 Å². The second-order valence-electron chi connectivity index (χ2n) is 5.38. The SMILES string of the molecule is CCNC(=NCc1ccccn1)NC1CC2CCC1O2. The van der Waals surface area contributed by atoms with Crippen LogP contribution in [0.3, 0.4) is 0 Å². The number of nitrogens with zero attached hydrogens (tertiary/aromatic N) is 2. The van der Waals surface area contributed by atoms with Gasteiger partial charge in [0.15, 0.2) is 5.96 Å². The van der Waals surface area contributed by atoms with Crippen molar-refractivity contribution in [2.45, 2.75) is 51.0 Å². The Morgan fingerprint density at radius 1 is 1.45 bits per heavy atom. The Morgan fingerprint density at radius 2 is 2.40 bits per heavy atom. The molecule has 0 aromatic carbocycles. The van der Waals surface area contributed by atoms with E-state index in [2.05, 4.69) is 27.5 Å². The monoisotopic (exact) mass is 274 g/mol. The van der Waals surface area contributed by atoms with Crippen molar-refractivity contribution in [3.63, 3.8) is 0 Å². The molecule has 3 heterocycles. The first kappa shape index (κ1) is 13.4. The van der Waals surface area contributed by atoms with Gasteiger partial charge in [0.05, 0.1) is 30.5 Å². The lowest BCUT2D eigenvalue weighted by atomic mass is 9.96. The van der Waals surface area contributed by atoms with Crippen LogP contribution in [-0.4, -0.2) is 35.7 Å². The van der Waals surface area contributed by atoms with Crippen LogP contribution in [0.25, 0.3) is 0 Å². The summed E-state index contributed by atoms with van der Waals surface area (Å²) in [4.78, 5) is 8.90. The number of hydrogen-bond acceptors (Lipinski definition) is 3. The summed E-state index contributed by atoms with van der Waals surface area (Å²) < 4.78 is 5.87. The molecule has 5 nitrogen and oxygen atoms in total. The summed E-state index contributed by atoms with van der Waals surface area (Å²) in [5.74, 6) is 0.860. The van der Waals surface area contributed by atoms with Crippen LogP contribution >= 0.6 is 0 Å². The Kier molecular flexibility index (Phi) is 4.16. The van der Waals surface area contributed by atoms with E-state index in [9.17, 15) is 0 Å². The van der Waals surface area contributed by atoms with E-state index in [4.69, 9.17) is 4.74 Å². The molecule has 1 aromatic heterocycles. The predicted molar refractivity (Wildman–Crippen MR) is 78.5 cm³/mol. The molecular formula is C15H22N4O. The summed E-state index contributed by atoms with van der Waals surface area (Å²) in [5, 5.41) is 6.80. The maximum atomic E-state index is 5.87. The first-order valence-electron chi connectivity index (χ1n) is 7.45. The summed E-state index contributed by atoms with van der Waals surface area (Å²) >= 11 is 0. The standard InChI is InChI=1S/C15H22N4O/c1-2-16-15(18-10-11-5-3-4-8-17-11)19-13-9-12-6-7-14(13)20-12/h3-5,8,12-14H,2,6-7,9-10H2,1H3,(H2,16,18,19). The van der Waals surface area contributed by atoms with E-state index in [1.807, 2.05) is 18.2 Å². The molecule has 3 unspecified atom stereocenters. The smallest absolute Gasteiger partial charge is 0.191 e. The number of fused-ring (bicyclic) bond motifs is 2. The van der Waals surface area contributed by atoms with Gasteiger partial charge in [0, 0.05) is 12.7 Å². The third-order valence-corrected chi connectivity index (χ3v) is 3.90. The van der Waals surface area contributed by atoms with Crippen LogP contribution in [0.4, 0.5) is 0 Å². The zero-order chi connectivity index (χ0) is 13.8. The van der Waals surface area contributed by atoms with E-state index >= 15 is 0 Å². The minimum Gasteiger partial charge on any atom is -0.373 e. The van der Waals surface area contributed by atoms with E-state index in [1.165, 1.54) is 12.8 Å². The molecule has 0 aliphatic carbocycles. The molecule has 108 valence electrons. The fraction of sp³-hybridized carbons (Fsp3) is 0.600. The Hall–Kier alpha value is -1.62. The van der Waals surface area contributed by atoms with Gasteiger partial charge >= 0.3 is 0 Å². The predicted octanol–water partition coefficient (Wildman–Crippen LogP) is 1.46. The molecule has 2 aliphatic heterocycles. The van der Waals surface area contributed by atoms with E-state index < -0.39 is 0 Å². The zero-order valence-corrected chi connectivity index (χ0v) is 11.9. The van der Waals surface area contributed by atoms with Crippen LogP contribution in [-0.2, 0) is 11.3 Å². The number of nitrogens with one attached hydrogen (secondary N) is 2. The molecule has 0 spiro atoms. The highest BCUT2D eigenvalue weighted by Crippen LogP contribution is 2.34. The minimum absolute atomic E-state index is 0.360. The Balaban J connectivity index is 1.60. The van der Waals surface area contributed by atoms with Crippen LogP contribution < -0.4 is 10.6 Å². The molecule has 20 heavy (non-hydrogen) atoms. The third-order valence-electron chi connectivity index (χ3n) is 3.90. The number of aliphatic imine (C=N–C) groups is 1. The topological polar surface area (TPSA) is 58.5 Å². The van der Waals surface area contributed by atoms with Crippen LogP contribution in [0, 0.1) is 0 Å². The number of hydrogen-bond donors (Lipinski definition) is 2. The highest BCUT2D eigenvalue weighted by molar-refractivity contribution is 5.80. The highest BCUT2D eigenvalue weighted by atomic mass is 16.5. The van der Waals surface area contributed by atoms with E-state index in [0.717, 1.165) is 24.6 Å². The molecular weight excluding hydrogens is 252 g/mol. The maximum absolute atomic E-state index is 5.87. The Morgan fingerprint density at radius 3 is 3.05 bits per heavy atom. The molecule has 2 aliphatic rings. The lowest BCUT2D eigenvalue weighted by molar-refractivity contribution is 0.0992. The van der Waals surface area contributed by atoms with Crippen LogP contribution in [0.15, 0.2) is 29.4 Å². The molecule has 1 aromatic rings. The van der Waals surface area contributed by atoms with Crippen molar-refractivity contribution < 1.29 is 4.74 Å². The molecule has 0 radical (unpaired) electrons. The summed E-state index contributed by atoms with van der Waals surface area (Å²) in [7, 11) is 0. The number of guanidine groups is 1. The van der Waals surface area contributed by atoms with Crippen molar-refractivity contribution in [3.8, 4) is 0 Å². The van der Waals surface area contributed by atoms with Crippen molar-refractivity contribution in [3.05, 3.63) is 30.1 Å². The fourth-order valence-corrected chi connectivity index (χ4v) is 2.94. The zero-order valence-electron chi connectivity index (χ0n) is 11.9. The number of pyridine rings is 1. The molecule has 3 atom stereocenters. The highest BCUT2D eigenvalue weighted by Gasteiger charge is 2.41. The summed E-state index contributed by atoms with van der Waals surface area (Å²) in [6, 6.07) is 6.30. The first-order chi connectivity index (χ1) is 9.85. The van der Waals surface area contributed by atoms with Crippen LogP contribution in [0.2, 0.25) is 0 Å². The van der Waals surface area contributed by atoms with Gasteiger partial charge in [-0.1, -0.05) is 6.07 Å². The quantitative estimate of drug-likeness (QED) is 0.644. The maximum Gasteiger partial charge on any atom is 0.191 e. The van der Waals surface area contributed by atoms with Gasteiger partial charge in [0.25, 0.3) is 0 Å². The third kappa shape index (κ3) is 3.10. The molecule has 0 saturated carbocycles. The lowest BCUT2D eigenvalue weighted by Crippen LogP contribution is -2.47. The van der Waals surface area contributed by atoms with Gasteiger partial charge in [-0.25, -0.2) is 4.99 Å². The minimum atomic E-state index is 0.360. The lowest BCUT2D eigenvalue weighted by Gasteiger charge is -2.22. The van der Waals surface area contributed by atoms with Gasteiger partial charge < -0.3 is 15.4 Å². The molecule has 2 saturated heterocycles. The molecule has 2 N–H and O–H groups in total. The average molecular weight is 274 g/mol. The normalized spacial score (nSPS) is 28.6. The largest absolute Gasteiger partial charge is 0.373 e. The Bertz CT molecular complexity index is 462. The Labute approximate surface area is 119 Å². The summed E-state index contributed by atoms with van der Waals surface area (Å²) in [6.45, 7) is 3.53. The van der Waals surface area contributed by atoms with Gasteiger partial charge in [0.2, 0.25) is 0 Å². The first-order valence-corrected chi connectivity index (χ1v) is 7.45. The van der Waals surface area contributed by atoms with Gasteiger partial charge in [0.1, 0.15) is 0 Å². The fourth-order valence-electron chi connectivity index (χ4n) is 2.94. The number of rotatable bonds is 4. The summed E-state index contributed by atoms with van der Waals surface area (Å²) in [5.41, 5.74) is 0.980. The molecule has 5 heteroatoms. The summed E-state index contributed by atoms with van der Waals surface area (Å²) in [6.07, 6.45) is 6.09. The van der Waals surface area contributed by atoms with E-state index in [1.54, 1.807) is 6.20 Å². The second-order valence-corrected chi connectivity index (χ2v) is 5.38. The molecule has 3 rings (SSSR count). The molecule has 2 bridgehead atoms. The van der Waals surface area contributed by atoms with E-state index in [-0.39, 0.29) is 0 Å². The van der Waals surface area contributed by atoms with Crippen molar-refractivity contribution in [1.29, 1.82) is 0 Å². The van der Waals surface area contributed by atoms with Crippen molar-refractivity contribution in [1.82, 2.24) is 15.6 Å². The van der Waals surface area contributed by atoms with Crippen LogP contribution in [0.1, 0.15) is 31.9 Å². The molecule has 0 amide bonds. The average Bonchev–Trinajstić information content (AvgIpc) is 3.09. The van der Waals surface area contributed by atoms with Crippen molar-refractivity contribution in [2.24, 2.45) is 4.99 Å². The van der Waals surface area contributed by atoms with Crippen molar-refractivity contribution >= 4 is 5.96 Å². The van der Waals surface area contributed by atoms with Gasteiger partial charge in [-0.05, 0) is 38.3 Å². The number of ether oxygens (including phenoxy) is 1. The second kappa shape index (κ2) is 6.22. The van der Waals surface area contributed by atoms with Gasteiger partial charge in [-0.3, -0.25) is 4.98 Å². The van der Waals surface area contributed by atoms with Crippen LogP contribution in [0.5, 0.6) is 0 Å². The van der Waals surface area contributed by atoms with Gasteiger partial charge in [-0.15, -0.1) is 0 Å². The number of aromatic nitrogens is 1.